The third-order valence-electron chi connectivity index (χ3n) is 3.98. The number of hydrogen-bond acceptors (Lipinski definition) is 3. The fraction of sp³-hybridized carbons (Fsp3) is 0.333. The molecule has 2 N–H and O–H groups in total. The monoisotopic (exact) mass is 353 g/mol. The van der Waals surface area contributed by atoms with E-state index in [-0.39, 0.29) is 24.3 Å². The zero-order valence-electron chi connectivity index (χ0n) is 15.7. The molecule has 0 aliphatic rings. The Morgan fingerprint density at radius 1 is 0.962 bits per heavy atom. The molecule has 2 aromatic carbocycles. The standard InChI is InChI=1S/C21H27N3O2/c1-16(25)23-20(19-7-5-4-6-8-19)13-21(26)22-14-17-9-11-18(12-10-17)15-24(2)3/h4-12,20H,13-15H2,1-3H3,(H,22,26)(H,23,25)/t20-/m1/s1. The van der Waals surface area contributed by atoms with Crippen molar-refractivity contribution >= 4 is 11.8 Å². The quantitative estimate of drug-likeness (QED) is 0.767. The summed E-state index contributed by atoms with van der Waals surface area (Å²) in [5.41, 5.74) is 3.21. The minimum atomic E-state index is -0.323. The van der Waals surface area contributed by atoms with Crippen LogP contribution in [-0.2, 0) is 22.7 Å². The first kappa shape index (κ1) is 19.7. The van der Waals surface area contributed by atoms with Gasteiger partial charge in [0.25, 0.3) is 0 Å². The van der Waals surface area contributed by atoms with Gasteiger partial charge in [-0.05, 0) is 30.8 Å². The molecular weight excluding hydrogens is 326 g/mol. The van der Waals surface area contributed by atoms with Gasteiger partial charge in [0.2, 0.25) is 11.8 Å². The van der Waals surface area contributed by atoms with E-state index in [1.165, 1.54) is 12.5 Å². The average Bonchev–Trinajstić information content (AvgIpc) is 2.60. The first-order chi connectivity index (χ1) is 12.4. The normalized spacial score (nSPS) is 11.8. The van der Waals surface area contributed by atoms with Crippen LogP contribution < -0.4 is 10.6 Å². The van der Waals surface area contributed by atoms with Crippen molar-refractivity contribution < 1.29 is 9.59 Å². The van der Waals surface area contributed by atoms with Crippen LogP contribution in [0.5, 0.6) is 0 Å². The third-order valence-corrected chi connectivity index (χ3v) is 3.98. The molecule has 0 fully saturated rings. The lowest BCUT2D eigenvalue weighted by atomic mass is 10.0. The van der Waals surface area contributed by atoms with Crippen molar-refractivity contribution in [3.8, 4) is 0 Å². The molecule has 0 aliphatic heterocycles. The van der Waals surface area contributed by atoms with Crippen molar-refractivity contribution in [3.05, 3.63) is 71.3 Å². The maximum atomic E-state index is 12.3. The lowest BCUT2D eigenvalue weighted by Gasteiger charge is -2.18. The Morgan fingerprint density at radius 2 is 1.58 bits per heavy atom. The summed E-state index contributed by atoms with van der Waals surface area (Å²) in [4.78, 5) is 25.9. The van der Waals surface area contributed by atoms with Gasteiger partial charge in [0.05, 0.1) is 12.5 Å². The van der Waals surface area contributed by atoms with Gasteiger partial charge < -0.3 is 15.5 Å². The fourth-order valence-electron chi connectivity index (χ4n) is 2.77. The smallest absolute Gasteiger partial charge is 0.222 e. The number of nitrogens with zero attached hydrogens (tertiary/aromatic N) is 1. The van der Waals surface area contributed by atoms with Gasteiger partial charge >= 0.3 is 0 Å². The van der Waals surface area contributed by atoms with E-state index < -0.39 is 0 Å². The molecule has 2 aromatic rings. The molecule has 1 atom stereocenters. The number of rotatable bonds is 8. The highest BCUT2D eigenvalue weighted by atomic mass is 16.2. The van der Waals surface area contributed by atoms with Gasteiger partial charge in [-0.25, -0.2) is 0 Å². The lowest BCUT2D eigenvalue weighted by Crippen LogP contribution is -2.32. The largest absolute Gasteiger partial charge is 0.352 e. The number of hydrogen-bond donors (Lipinski definition) is 2. The molecule has 0 bridgehead atoms. The van der Waals surface area contributed by atoms with E-state index in [2.05, 4.69) is 27.7 Å². The first-order valence-electron chi connectivity index (χ1n) is 8.75. The van der Waals surface area contributed by atoms with E-state index >= 15 is 0 Å². The van der Waals surface area contributed by atoms with Gasteiger partial charge in [-0.3, -0.25) is 9.59 Å². The van der Waals surface area contributed by atoms with E-state index in [0.29, 0.717) is 6.54 Å². The van der Waals surface area contributed by atoms with Gasteiger partial charge in [-0.2, -0.15) is 0 Å². The highest BCUT2D eigenvalue weighted by Gasteiger charge is 2.16. The Hall–Kier alpha value is -2.66. The first-order valence-corrected chi connectivity index (χ1v) is 8.75. The second-order valence-electron chi connectivity index (χ2n) is 6.70. The van der Waals surface area contributed by atoms with E-state index in [1.807, 2.05) is 56.6 Å². The number of nitrogens with one attached hydrogen (secondary N) is 2. The molecule has 0 aromatic heterocycles. The van der Waals surface area contributed by atoms with Crippen LogP contribution in [0.15, 0.2) is 54.6 Å². The molecule has 0 heterocycles. The van der Waals surface area contributed by atoms with Gasteiger partial charge in [0, 0.05) is 20.0 Å². The average molecular weight is 353 g/mol. The van der Waals surface area contributed by atoms with E-state index in [9.17, 15) is 9.59 Å². The minimum absolute atomic E-state index is 0.0926. The van der Waals surface area contributed by atoms with Gasteiger partial charge in [0.1, 0.15) is 0 Å². The molecule has 0 unspecified atom stereocenters. The molecule has 0 radical (unpaired) electrons. The van der Waals surface area contributed by atoms with Crippen LogP contribution in [0.2, 0.25) is 0 Å². The van der Waals surface area contributed by atoms with E-state index in [1.54, 1.807) is 0 Å². The van der Waals surface area contributed by atoms with Crippen LogP contribution in [0.25, 0.3) is 0 Å². The van der Waals surface area contributed by atoms with Crippen LogP contribution in [0.1, 0.15) is 36.1 Å². The molecule has 0 spiro atoms. The van der Waals surface area contributed by atoms with Crippen molar-refractivity contribution in [2.45, 2.75) is 32.5 Å². The Kier molecular flexibility index (Phi) is 7.36. The van der Waals surface area contributed by atoms with Crippen LogP contribution >= 0.6 is 0 Å². The van der Waals surface area contributed by atoms with Crippen LogP contribution in [-0.4, -0.2) is 30.8 Å². The molecule has 5 nitrogen and oxygen atoms in total. The summed E-state index contributed by atoms with van der Waals surface area (Å²) in [6.07, 6.45) is 0.211. The Labute approximate surface area is 155 Å². The van der Waals surface area contributed by atoms with Gasteiger partial charge in [-0.15, -0.1) is 0 Å². The molecule has 2 amide bonds. The zero-order valence-corrected chi connectivity index (χ0v) is 15.7. The summed E-state index contributed by atoms with van der Waals surface area (Å²) in [6.45, 7) is 2.83. The summed E-state index contributed by atoms with van der Waals surface area (Å²) >= 11 is 0. The molecule has 2 rings (SSSR count). The molecule has 5 heteroatoms. The van der Waals surface area contributed by atoms with E-state index in [4.69, 9.17) is 0 Å². The SMILES string of the molecule is CC(=O)N[C@H](CC(=O)NCc1ccc(CN(C)C)cc1)c1ccccc1. The predicted octanol–water partition coefficient (Wildman–Crippen LogP) is 2.63. The Morgan fingerprint density at radius 3 is 2.15 bits per heavy atom. The van der Waals surface area contributed by atoms with Crippen LogP contribution in [0.3, 0.4) is 0 Å². The molecule has 26 heavy (non-hydrogen) atoms. The second-order valence-corrected chi connectivity index (χ2v) is 6.70. The summed E-state index contributed by atoms with van der Waals surface area (Å²) in [6, 6.07) is 17.4. The van der Waals surface area contributed by atoms with Crippen LogP contribution in [0, 0.1) is 0 Å². The van der Waals surface area contributed by atoms with Gasteiger partial charge in [0.15, 0.2) is 0 Å². The van der Waals surface area contributed by atoms with Crippen molar-refractivity contribution in [2.24, 2.45) is 0 Å². The minimum Gasteiger partial charge on any atom is -0.352 e. The van der Waals surface area contributed by atoms with Gasteiger partial charge in [-0.1, -0.05) is 54.6 Å². The number of carbonyl (C=O) groups excluding carboxylic acids is 2. The topological polar surface area (TPSA) is 61.4 Å². The number of benzene rings is 2. The van der Waals surface area contributed by atoms with Crippen molar-refractivity contribution in [3.63, 3.8) is 0 Å². The predicted molar refractivity (Wildman–Crippen MR) is 103 cm³/mol. The van der Waals surface area contributed by atoms with Crippen molar-refractivity contribution in [2.75, 3.05) is 14.1 Å². The third kappa shape index (κ3) is 6.69. The molecular formula is C21H27N3O2. The summed E-state index contributed by atoms with van der Waals surface area (Å²) < 4.78 is 0. The Balaban J connectivity index is 1.90. The highest BCUT2D eigenvalue weighted by Crippen LogP contribution is 2.16. The molecule has 0 saturated heterocycles. The molecule has 0 aliphatic carbocycles. The maximum Gasteiger partial charge on any atom is 0.222 e. The Bertz CT molecular complexity index is 712. The number of amides is 2. The fourth-order valence-corrected chi connectivity index (χ4v) is 2.77. The second kappa shape index (κ2) is 9.73. The van der Waals surface area contributed by atoms with Crippen molar-refractivity contribution in [1.82, 2.24) is 15.5 Å². The van der Waals surface area contributed by atoms with Crippen molar-refractivity contribution in [1.29, 1.82) is 0 Å². The zero-order chi connectivity index (χ0) is 18.9. The number of carbonyl (C=O) groups is 2. The summed E-state index contributed by atoms with van der Waals surface area (Å²) in [7, 11) is 4.07. The molecule has 0 saturated carbocycles. The summed E-state index contributed by atoms with van der Waals surface area (Å²) in [5, 5.41) is 5.78. The summed E-state index contributed by atoms with van der Waals surface area (Å²) in [5.74, 6) is -0.242. The van der Waals surface area contributed by atoms with Crippen LogP contribution in [0.4, 0.5) is 0 Å². The van der Waals surface area contributed by atoms with E-state index in [0.717, 1.165) is 17.7 Å². The lowest BCUT2D eigenvalue weighted by molar-refractivity contribution is -0.122. The molecule has 138 valence electrons. The maximum absolute atomic E-state index is 12.3. The highest BCUT2D eigenvalue weighted by molar-refractivity contribution is 5.79.